The number of aliphatic hydroxyl groups is 1. The summed E-state index contributed by atoms with van der Waals surface area (Å²) in [5.41, 5.74) is 2.52. The zero-order valence-corrected chi connectivity index (χ0v) is 19.7. The average Bonchev–Trinajstić information content (AvgIpc) is 3.46. The maximum atomic E-state index is 15.1. The van der Waals surface area contributed by atoms with Gasteiger partial charge in [0.15, 0.2) is 17.4 Å². The van der Waals surface area contributed by atoms with E-state index in [2.05, 4.69) is 35.4 Å². The van der Waals surface area contributed by atoms with Gasteiger partial charge in [-0.15, -0.1) is 0 Å². The molecule has 5 rings (SSSR count). The number of nitrogens with one attached hydrogen (secondary N) is 3. The Morgan fingerprint density at radius 1 is 1.20 bits per heavy atom. The number of aliphatic hydroxyl groups excluding tert-OH is 1. The van der Waals surface area contributed by atoms with Crippen LogP contribution in [0.2, 0.25) is 0 Å². The Balaban J connectivity index is 1.46. The van der Waals surface area contributed by atoms with Gasteiger partial charge >= 0.3 is 6.01 Å². The molecular formula is C25H28FN7O2. The van der Waals surface area contributed by atoms with Gasteiger partial charge in [0.1, 0.15) is 11.6 Å². The van der Waals surface area contributed by atoms with Gasteiger partial charge < -0.3 is 25.0 Å². The van der Waals surface area contributed by atoms with Crippen LogP contribution in [0, 0.1) is 12.7 Å². The van der Waals surface area contributed by atoms with Gasteiger partial charge in [-0.25, -0.2) is 4.39 Å². The molecule has 182 valence electrons. The molecule has 10 heteroatoms. The van der Waals surface area contributed by atoms with E-state index in [-0.39, 0.29) is 17.9 Å². The van der Waals surface area contributed by atoms with Crippen molar-refractivity contribution in [2.75, 3.05) is 23.3 Å². The number of aryl methyl sites for hydroxylation is 1. The first-order valence-electron chi connectivity index (χ1n) is 11.7. The number of aromatic amines is 2. The van der Waals surface area contributed by atoms with Gasteiger partial charge in [-0.05, 0) is 44.9 Å². The molecule has 0 unspecified atom stereocenters. The van der Waals surface area contributed by atoms with Gasteiger partial charge in [-0.1, -0.05) is 12.2 Å². The Kier molecular flexibility index (Phi) is 6.37. The van der Waals surface area contributed by atoms with E-state index in [1.165, 1.54) is 0 Å². The van der Waals surface area contributed by atoms with Crippen LogP contribution in [0.5, 0.6) is 11.8 Å². The second-order valence-corrected chi connectivity index (χ2v) is 8.68. The fraction of sp³-hybridized carbons (Fsp3) is 0.320. The van der Waals surface area contributed by atoms with Crippen LogP contribution in [0.1, 0.15) is 31.2 Å². The monoisotopic (exact) mass is 477 g/mol. The van der Waals surface area contributed by atoms with E-state index in [9.17, 15) is 5.11 Å². The van der Waals surface area contributed by atoms with Crippen molar-refractivity contribution in [3.8, 4) is 11.8 Å². The molecule has 1 aliphatic rings. The van der Waals surface area contributed by atoms with Gasteiger partial charge in [0.05, 0.1) is 6.10 Å². The zero-order chi connectivity index (χ0) is 24.4. The fourth-order valence-corrected chi connectivity index (χ4v) is 4.15. The second-order valence-electron chi connectivity index (χ2n) is 8.68. The maximum absolute atomic E-state index is 15.1. The molecule has 4 heterocycles. The van der Waals surface area contributed by atoms with Gasteiger partial charge in [0, 0.05) is 53.9 Å². The number of hydrogen-bond acceptors (Lipinski definition) is 7. The molecule has 1 saturated heterocycles. The number of halogens is 1. The molecule has 1 aromatic carbocycles. The van der Waals surface area contributed by atoms with Crippen molar-refractivity contribution in [1.82, 2.24) is 25.1 Å². The number of anilines is 3. The van der Waals surface area contributed by atoms with E-state index in [0.29, 0.717) is 54.3 Å². The smallest absolute Gasteiger partial charge is 0.326 e. The summed E-state index contributed by atoms with van der Waals surface area (Å²) in [5, 5.41) is 20.8. The quantitative estimate of drug-likeness (QED) is 0.284. The summed E-state index contributed by atoms with van der Waals surface area (Å²) in [4.78, 5) is 14.2. The SMILES string of the molecule is CC=CCc1cc(Nc2cc(N3CCC(O)CC3)nc(Oc3ccc4[nH]c(C)cc4c3F)n2)n[nH]1. The third-order valence-electron chi connectivity index (χ3n) is 5.98. The largest absolute Gasteiger partial charge is 0.421 e. The first-order valence-corrected chi connectivity index (χ1v) is 11.7. The number of ether oxygens (including phenoxy) is 1. The number of allylic oxidation sites excluding steroid dienone is 2. The molecule has 0 spiro atoms. The molecule has 4 N–H and O–H groups in total. The number of rotatable bonds is 7. The van der Waals surface area contributed by atoms with Crippen LogP contribution in [-0.2, 0) is 6.42 Å². The third-order valence-corrected chi connectivity index (χ3v) is 5.98. The lowest BCUT2D eigenvalue weighted by Gasteiger charge is -2.30. The van der Waals surface area contributed by atoms with Crippen LogP contribution in [0.3, 0.4) is 0 Å². The van der Waals surface area contributed by atoms with Crippen molar-refractivity contribution in [2.24, 2.45) is 0 Å². The number of nitrogens with zero attached hydrogens (tertiary/aromatic N) is 4. The standard InChI is InChI=1S/C25H28FN7O2/c1-3-4-5-16-13-22(32-31-16)28-21-14-23(33-10-8-17(34)9-11-33)30-25(29-21)35-20-7-6-19-18(24(20)26)12-15(2)27-19/h3-4,6-7,12-14,17,27,34H,5,8-11H2,1-2H3,(H2,28,29,30,31,32). The Morgan fingerprint density at radius 3 is 2.83 bits per heavy atom. The van der Waals surface area contributed by atoms with Gasteiger partial charge in [-0.3, -0.25) is 5.10 Å². The van der Waals surface area contributed by atoms with Crippen molar-refractivity contribution in [2.45, 2.75) is 39.2 Å². The third kappa shape index (κ3) is 5.12. The van der Waals surface area contributed by atoms with Crippen molar-refractivity contribution in [3.05, 3.63) is 59.7 Å². The van der Waals surface area contributed by atoms with Crippen molar-refractivity contribution in [3.63, 3.8) is 0 Å². The highest BCUT2D eigenvalue weighted by atomic mass is 19.1. The van der Waals surface area contributed by atoms with E-state index >= 15 is 4.39 Å². The van der Waals surface area contributed by atoms with Gasteiger partial charge in [0.25, 0.3) is 0 Å². The molecule has 1 aliphatic heterocycles. The Bertz CT molecular complexity index is 1360. The van der Waals surface area contributed by atoms with Crippen LogP contribution < -0.4 is 15.0 Å². The second kappa shape index (κ2) is 9.75. The molecular weight excluding hydrogens is 449 g/mol. The summed E-state index contributed by atoms with van der Waals surface area (Å²) in [6.07, 6.45) is 5.74. The lowest BCUT2D eigenvalue weighted by atomic mass is 10.1. The minimum Gasteiger partial charge on any atom is -0.421 e. The van der Waals surface area contributed by atoms with Crippen LogP contribution >= 0.6 is 0 Å². The number of piperidine rings is 1. The minimum atomic E-state index is -0.475. The van der Waals surface area contributed by atoms with Crippen LogP contribution in [0.4, 0.5) is 21.8 Å². The van der Waals surface area contributed by atoms with Crippen molar-refractivity contribution in [1.29, 1.82) is 0 Å². The molecule has 9 nitrogen and oxygen atoms in total. The molecule has 35 heavy (non-hydrogen) atoms. The predicted molar refractivity (Wildman–Crippen MR) is 133 cm³/mol. The molecule has 1 fully saturated rings. The van der Waals surface area contributed by atoms with Gasteiger partial charge in [-0.2, -0.15) is 15.1 Å². The van der Waals surface area contributed by atoms with E-state index in [4.69, 9.17) is 4.74 Å². The number of aromatic nitrogens is 5. The lowest BCUT2D eigenvalue weighted by Crippen LogP contribution is -2.36. The number of fused-ring (bicyclic) bond motifs is 1. The highest BCUT2D eigenvalue weighted by Crippen LogP contribution is 2.31. The summed E-state index contributed by atoms with van der Waals surface area (Å²) in [6, 6.07) is 8.80. The van der Waals surface area contributed by atoms with Crippen LogP contribution in [0.25, 0.3) is 10.9 Å². The Labute approximate surface area is 202 Å². The number of H-pyrrole nitrogens is 2. The average molecular weight is 478 g/mol. The van der Waals surface area contributed by atoms with E-state index in [1.54, 1.807) is 24.3 Å². The van der Waals surface area contributed by atoms with Crippen molar-refractivity contribution < 1.29 is 14.2 Å². The fourth-order valence-electron chi connectivity index (χ4n) is 4.15. The summed E-state index contributed by atoms with van der Waals surface area (Å²) >= 11 is 0. The molecule has 4 aromatic rings. The highest BCUT2D eigenvalue weighted by molar-refractivity contribution is 5.82. The number of hydrogen-bond donors (Lipinski definition) is 4. The van der Waals surface area contributed by atoms with Crippen molar-refractivity contribution >= 4 is 28.4 Å². The normalized spacial score (nSPS) is 14.8. The molecule has 0 aliphatic carbocycles. The maximum Gasteiger partial charge on any atom is 0.326 e. The molecule has 0 saturated carbocycles. The highest BCUT2D eigenvalue weighted by Gasteiger charge is 2.21. The van der Waals surface area contributed by atoms with Gasteiger partial charge in [0.2, 0.25) is 0 Å². The van der Waals surface area contributed by atoms with E-state index in [1.807, 2.05) is 32.1 Å². The van der Waals surface area contributed by atoms with Crippen LogP contribution in [-0.4, -0.2) is 49.4 Å². The predicted octanol–water partition coefficient (Wildman–Crippen LogP) is 4.74. The lowest BCUT2D eigenvalue weighted by molar-refractivity contribution is 0.145. The number of benzene rings is 1. The summed E-state index contributed by atoms with van der Waals surface area (Å²) in [6.45, 7) is 5.14. The first-order chi connectivity index (χ1) is 17.0. The van der Waals surface area contributed by atoms with Crippen LogP contribution in [0.15, 0.2) is 42.5 Å². The molecule has 3 aromatic heterocycles. The Morgan fingerprint density at radius 2 is 2.03 bits per heavy atom. The topological polar surface area (TPSA) is 115 Å². The summed E-state index contributed by atoms with van der Waals surface area (Å²) in [5.74, 6) is 1.27. The van der Waals surface area contributed by atoms with E-state index in [0.717, 1.165) is 17.8 Å². The minimum absolute atomic E-state index is 0.0197. The summed E-state index contributed by atoms with van der Waals surface area (Å²) < 4.78 is 21.0. The molecule has 0 atom stereocenters. The molecule has 0 bridgehead atoms. The Hall–Kier alpha value is -3.92. The summed E-state index contributed by atoms with van der Waals surface area (Å²) in [7, 11) is 0. The van der Waals surface area contributed by atoms with E-state index < -0.39 is 5.82 Å². The molecule has 0 radical (unpaired) electrons. The first kappa shape index (κ1) is 22.9. The zero-order valence-electron chi connectivity index (χ0n) is 19.7. The molecule has 0 amide bonds.